The van der Waals surface area contributed by atoms with E-state index in [-0.39, 0.29) is 44.6 Å². The number of carbonyl (C=O) groups is 5. The minimum Gasteiger partial charge on any atom is -0.461 e. The molecule has 0 unspecified atom stereocenters. The van der Waals surface area contributed by atoms with Gasteiger partial charge in [-0.1, -0.05) is 112 Å². The SMILES string of the molecule is [2H]N(CCC(=O)N[C@@H](CCC(=O)OCc1ccccc1)C(=O)OCc1ccccc1)C(=O)[C@@H](N)CCN(C(=O)CO)[C@@H](c1cc(-c2cc(F)ccc2F)cn1Cc1ccccc1)C(C)(C)C. The van der Waals surface area contributed by atoms with Crippen molar-refractivity contribution in [1.29, 1.82) is 0 Å². The number of halogens is 2. The van der Waals surface area contributed by atoms with Crippen LogP contribution in [0, 0.1) is 17.0 Å². The fraction of sp³-hybridized carbons (Fsp3) is 0.340. The monoisotopic (exact) mass is 894 g/mol. The van der Waals surface area contributed by atoms with Gasteiger partial charge in [-0.2, -0.15) is 0 Å². The molecule has 0 aliphatic heterocycles. The molecule has 0 spiro atoms. The Balaban J connectivity index is 1.25. The lowest BCUT2D eigenvalue weighted by Gasteiger charge is -2.41. The third-order valence-electron chi connectivity index (χ3n) is 10.6. The molecule has 0 radical (unpaired) electrons. The Morgan fingerprint density at radius 2 is 1.42 bits per heavy atom. The number of carbonyl (C=O) groups excluding carboxylic acids is 5. The van der Waals surface area contributed by atoms with Crippen LogP contribution in [0.15, 0.2) is 121 Å². The van der Waals surface area contributed by atoms with Gasteiger partial charge < -0.3 is 40.4 Å². The first-order chi connectivity index (χ1) is 31.5. The summed E-state index contributed by atoms with van der Waals surface area (Å²) >= 11 is 0. The molecule has 5 N–H and O–H groups in total. The molecule has 0 bridgehead atoms. The molecule has 15 heteroatoms. The van der Waals surface area contributed by atoms with E-state index in [1.165, 1.54) is 4.90 Å². The fourth-order valence-corrected chi connectivity index (χ4v) is 7.30. The number of amides is 3. The summed E-state index contributed by atoms with van der Waals surface area (Å²) in [6.45, 7) is 4.45. The van der Waals surface area contributed by atoms with E-state index in [1.54, 1.807) is 60.8 Å². The van der Waals surface area contributed by atoms with Crippen LogP contribution in [0.3, 0.4) is 0 Å². The smallest absolute Gasteiger partial charge is 0.328 e. The number of nitrogens with two attached hydrogens (primary N) is 1. The van der Waals surface area contributed by atoms with Crippen molar-refractivity contribution >= 4 is 29.7 Å². The van der Waals surface area contributed by atoms with Crippen LogP contribution in [0.5, 0.6) is 0 Å². The number of aromatic nitrogens is 1. The Morgan fingerprint density at radius 3 is 2.02 bits per heavy atom. The molecule has 1 aromatic heterocycles. The summed E-state index contributed by atoms with van der Waals surface area (Å²) in [5.41, 5.74) is 8.91. The van der Waals surface area contributed by atoms with Gasteiger partial charge in [0.25, 0.3) is 0 Å². The number of esters is 2. The number of ether oxygens (including phenoxy) is 2. The van der Waals surface area contributed by atoms with Crippen molar-refractivity contribution in [3.63, 3.8) is 0 Å². The Hall–Kier alpha value is -6.71. The van der Waals surface area contributed by atoms with E-state index in [0.717, 1.165) is 29.3 Å². The van der Waals surface area contributed by atoms with Gasteiger partial charge in [-0.3, -0.25) is 19.2 Å². The highest BCUT2D eigenvalue weighted by Crippen LogP contribution is 2.41. The second kappa shape index (κ2) is 23.8. The maximum Gasteiger partial charge on any atom is 0.328 e. The molecule has 5 rings (SSSR count). The Bertz CT molecular complexity index is 2400. The predicted octanol–water partition coefficient (Wildman–Crippen LogP) is 6.37. The molecule has 344 valence electrons. The first kappa shape index (κ1) is 47.8. The molecular weight excluding hydrogens is 837 g/mol. The van der Waals surface area contributed by atoms with Crippen LogP contribution in [0.1, 0.15) is 74.9 Å². The normalized spacial score (nSPS) is 12.9. The van der Waals surface area contributed by atoms with Crippen LogP contribution in [0.2, 0.25) is 1.41 Å². The second-order valence-electron chi connectivity index (χ2n) is 16.7. The standard InChI is InChI=1S/C50H57F2N5O8/c1-50(2,3)47(43-27-37(39-28-38(51)19-20-40(39)52)30-56(43)29-34-13-7-4-8-14-34)57(45(60)31-58)26-24-41(53)48(62)54-25-23-44(59)55-42(49(63)65-33-36-17-11-6-12-18-36)21-22-46(61)64-32-35-15-9-5-10-16-35/h4-20,27-28,30,41-42,47,58H,21-26,29,31-33,53H2,1-3H3,(H,54,62)(H,55,59)/t41-,42-,47-/m0/s1/i/hD. The highest BCUT2D eigenvalue weighted by atomic mass is 19.1. The van der Waals surface area contributed by atoms with E-state index in [4.69, 9.17) is 16.6 Å². The lowest BCUT2D eigenvalue weighted by atomic mass is 9.82. The molecule has 3 amide bonds. The zero-order valence-corrected chi connectivity index (χ0v) is 36.8. The lowest BCUT2D eigenvalue weighted by Crippen LogP contribution is -2.48. The molecule has 0 saturated heterocycles. The molecule has 5 aromatic rings. The van der Waals surface area contributed by atoms with E-state index in [2.05, 4.69) is 5.32 Å². The molecular formula is C50H57F2N5O8. The van der Waals surface area contributed by atoms with Crippen LogP contribution < -0.4 is 16.4 Å². The molecule has 65 heavy (non-hydrogen) atoms. The van der Waals surface area contributed by atoms with Gasteiger partial charge in [0.1, 0.15) is 37.5 Å². The Morgan fingerprint density at radius 1 is 0.815 bits per heavy atom. The van der Waals surface area contributed by atoms with E-state index in [1.807, 2.05) is 67.8 Å². The van der Waals surface area contributed by atoms with Gasteiger partial charge in [-0.15, -0.1) is 0 Å². The Kier molecular flexibility index (Phi) is 17.5. The third kappa shape index (κ3) is 14.9. The third-order valence-corrected chi connectivity index (χ3v) is 10.6. The zero-order valence-electron chi connectivity index (χ0n) is 37.8. The topological polar surface area (TPSA) is 182 Å². The maximum atomic E-state index is 15.2. The summed E-state index contributed by atoms with van der Waals surface area (Å²) in [4.78, 5) is 67.4. The summed E-state index contributed by atoms with van der Waals surface area (Å²) in [5.74, 6) is -4.89. The van der Waals surface area contributed by atoms with Crippen molar-refractivity contribution in [2.24, 2.45) is 11.1 Å². The number of rotatable bonds is 22. The van der Waals surface area contributed by atoms with E-state index < -0.39 is 84.4 Å². The van der Waals surface area contributed by atoms with Crippen LogP contribution in [0.4, 0.5) is 8.78 Å². The molecule has 4 aromatic carbocycles. The second-order valence-corrected chi connectivity index (χ2v) is 16.7. The number of hydrogen-bond acceptors (Lipinski definition) is 9. The summed E-state index contributed by atoms with van der Waals surface area (Å²) in [5, 5.41) is 13.3. The molecule has 13 nitrogen and oxygen atoms in total. The van der Waals surface area contributed by atoms with E-state index >= 15 is 4.39 Å². The van der Waals surface area contributed by atoms with Crippen LogP contribution >= 0.6 is 0 Å². The number of hydrogen-bond donors (Lipinski definition) is 4. The summed E-state index contributed by atoms with van der Waals surface area (Å²) in [6, 6.07) is 28.8. The van der Waals surface area contributed by atoms with Gasteiger partial charge in [0.05, 0.1) is 12.1 Å². The summed E-state index contributed by atoms with van der Waals surface area (Å²) < 4.78 is 50.6. The van der Waals surface area contributed by atoms with Crippen molar-refractivity contribution in [3.05, 3.63) is 155 Å². The predicted molar refractivity (Wildman–Crippen MR) is 240 cm³/mol. The van der Waals surface area contributed by atoms with Crippen molar-refractivity contribution in [3.8, 4) is 11.1 Å². The van der Waals surface area contributed by atoms with Gasteiger partial charge in [0, 0.05) is 55.5 Å². The van der Waals surface area contributed by atoms with Gasteiger partial charge in [-0.05, 0) is 59.2 Å². The summed E-state index contributed by atoms with van der Waals surface area (Å²) in [6.07, 6.45) is 0.768. The maximum absolute atomic E-state index is 15.2. The number of benzene rings is 4. The van der Waals surface area contributed by atoms with Crippen molar-refractivity contribution < 1.29 is 48.7 Å². The van der Waals surface area contributed by atoms with Crippen LogP contribution in [-0.2, 0) is 53.2 Å². The number of nitrogens with one attached hydrogen (secondary N) is 2. The number of nitrogens with zero attached hydrogens (tertiary/aromatic N) is 2. The molecule has 3 atom stereocenters. The molecule has 0 fully saturated rings. The average Bonchev–Trinajstić information content (AvgIpc) is 3.71. The first-order valence-corrected chi connectivity index (χ1v) is 21.4. The van der Waals surface area contributed by atoms with Crippen LogP contribution in [-0.4, -0.2) is 76.0 Å². The minimum absolute atomic E-state index is 0.0188. The van der Waals surface area contributed by atoms with Gasteiger partial charge in [0.15, 0.2) is 1.41 Å². The van der Waals surface area contributed by atoms with Crippen molar-refractivity contribution in [1.82, 2.24) is 20.1 Å². The fourth-order valence-electron chi connectivity index (χ4n) is 7.30. The molecule has 0 saturated carbocycles. The lowest BCUT2D eigenvalue weighted by molar-refractivity contribution is -0.150. The van der Waals surface area contributed by atoms with Crippen molar-refractivity contribution in [2.75, 3.05) is 19.7 Å². The van der Waals surface area contributed by atoms with Crippen LogP contribution in [0.25, 0.3) is 11.1 Å². The van der Waals surface area contributed by atoms with Crippen molar-refractivity contribution in [2.45, 2.75) is 84.3 Å². The highest BCUT2D eigenvalue weighted by molar-refractivity contribution is 5.86. The van der Waals surface area contributed by atoms with E-state index in [9.17, 15) is 33.5 Å². The molecule has 1 heterocycles. The number of aliphatic hydroxyl groups excluding tert-OH is 1. The minimum atomic E-state index is -1.32. The zero-order chi connectivity index (χ0) is 47.8. The number of aliphatic hydroxyl groups is 1. The highest BCUT2D eigenvalue weighted by Gasteiger charge is 2.37. The van der Waals surface area contributed by atoms with Gasteiger partial charge in [-0.25, -0.2) is 13.6 Å². The largest absolute Gasteiger partial charge is 0.461 e. The molecule has 0 aliphatic rings. The summed E-state index contributed by atoms with van der Waals surface area (Å²) in [7, 11) is 0. The molecule has 0 aliphatic carbocycles. The first-order valence-electron chi connectivity index (χ1n) is 21.8. The van der Waals surface area contributed by atoms with E-state index in [0.29, 0.717) is 28.7 Å². The quantitative estimate of drug-likeness (QED) is 0.0575. The Labute approximate surface area is 379 Å². The van der Waals surface area contributed by atoms with Gasteiger partial charge >= 0.3 is 11.9 Å². The van der Waals surface area contributed by atoms with Gasteiger partial charge in [0.2, 0.25) is 17.7 Å². The average molecular weight is 895 g/mol.